The van der Waals surface area contributed by atoms with E-state index >= 15 is 0 Å². The highest BCUT2D eigenvalue weighted by molar-refractivity contribution is 5.97. The molecule has 1 aliphatic rings. The fraction of sp³-hybridized carbons (Fsp3) is 0.375. The Balaban J connectivity index is 1.94. The number of hydrogen-bond acceptors (Lipinski definition) is 4. The Morgan fingerprint density at radius 1 is 1.29 bits per heavy atom. The van der Waals surface area contributed by atoms with Crippen LogP contribution in [0, 0.1) is 0 Å². The zero-order valence-corrected chi connectivity index (χ0v) is 11.7. The third-order valence-electron chi connectivity index (χ3n) is 4.08. The van der Waals surface area contributed by atoms with Gasteiger partial charge in [-0.15, -0.1) is 0 Å². The van der Waals surface area contributed by atoms with Crippen molar-refractivity contribution in [1.82, 2.24) is 4.98 Å². The minimum atomic E-state index is -1.05. The van der Waals surface area contributed by atoms with Gasteiger partial charge in [0, 0.05) is 11.9 Å². The highest BCUT2D eigenvalue weighted by Crippen LogP contribution is 2.30. The van der Waals surface area contributed by atoms with Crippen LogP contribution in [0.4, 0.5) is 5.82 Å². The van der Waals surface area contributed by atoms with Gasteiger partial charge in [-0.3, -0.25) is 0 Å². The van der Waals surface area contributed by atoms with E-state index in [2.05, 4.69) is 10.3 Å². The summed E-state index contributed by atoms with van der Waals surface area (Å²) in [6.07, 6.45) is 3.61. The van der Waals surface area contributed by atoms with E-state index in [-0.39, 0.29) is 5.69 Å². The molecule has 110 valence electrons. The van der Waals surface area contributed by atoms with Crippen molar-refractivity contribution in [3.8, 4) is 0 Å². The number of nitrogens with one attached hydrogen (secondary N) is 1. The van der Waals surface area contributed by atoms with Crippen LogP contribution in [-0.2, 0) is 0 Å². The lowest BCUT2D eigenvalue weighted by Gasteiger charge is -2.23. The van der Waals surface area contributed by atoms with Crippen LogP contribution >= 0.6 is 0 Å². The molecular weight excluding hydrogens is 268 g/mol. The molecule has 21 heavy (non-hydrogen) atoms. The molecule has 3 N–H and O–H groups in total. The molecule has 0 amide bonds. The van der Waals surface area contributed by atoms with Crippen LogP contribution in [0.25, 0.3) is 10.8 Å². The Morgan fingerprint density at radius 3 is 2.71 bits per heavy atom. The number of rotatable bonds is 4. The van der Waals surface area contributed by atoms with Gasteiger partial charge in [0.1, 0.15) is 5.82 Å². The first-order chi connectivity index (χ1) is 10.1. The van der Waals surface area contributed by atoms with E-state index in [1.807, 2.05) is 24.3 Å². The SMILES string of the molecule is O=C(O)c1cc2ccccc2c(NCC2(O)CCCC2)n1. The summed E-state index contributed by atoms with van der Waals surface area (Å²) in [6.45, 7) is 0.396. The van der Waals surface area contributed by atoms with E-state index in [0.717, 1.165) is 36.5 Å². The number of carboxylic acids is 1. The molecule has 0 unspecified atom stereocenters. The number of benzene rings is 1. The van der Waals surface area contributed by atoms with Crippen LogP contribution in [0.5, 0.6) is 0 Å². The summed E-state index contributed by atoms with van der Waals surface area (Å²) in [5, 5.41) is 24.4. The van der Waals surface area contributed by atoms with Gasteiger partial charge in [0.2, 0.25) is 0 Å². The summed E-state index contributed by atoms with van der Waals surface area (Å²) in [7, 11) is 0. The number of pyridine rings is 1. The maximum Gasteiger partial charge on any atom is 0.354 e. The van der Waals surface area contributed by atoms with Gasteiger partial charge in [-0.25, -0.2) is 9.78 Å². The number of aromatic nitrogens is 1. The number of fused-ring (bicyclic) bond motifs is 1. The number of carbonyl (C=O) groups is 1. The standard InChI is InChI=1S/C16H18N2O3/c19-15(20)13-9-11-5-1-2-6-12(11)14(18-13)17-10-16(21)7-3-4-8-16/h1-2,5-6,9,21H,3-4,7-8,10H2,(H,17,18)(H,19,20). The van der Waals surface area contributed by atoms with Crippen molar-refractivity contribution < 1.29 is 15.0 Å². The van der Waals surface area contributed by atoms with Gasteiger partial charge in [0.15, 0.2) is 5.69 Å². The van der Waals surface area contributed by atoms with Crippen LogP contribution in [-0.4, -0.2) is 33.3 Å². The highest BCUT2D eigenvalue weighted by atomic mass is 16.4. The van der Waals surface area contributed by atoms with Crippen LogP contribution in [0.3, 0.4) is 0 Å². The maximum absolute atomic E-state index is 11.2. The van der Waals surface area contributed by atoms with E-state index in [1.165, 1.54) is 0 Å². The zero-order valence-electron chi connectivity index (χ0n) is 11.7. The van der Waals surface area contributed by atoms with Gasteiger partial charge >= 0.3 is 5.97 Å². The quantitative estimate of drug-likeness (QED) is 0.805. The smallest absolute Gasteiger partial charge is 0.354 e. The summed E-state index contributed by atoms with van der Waals surface area (Å²) in [5.74, 6) is -0.533. The molecule has 1 aromatic carbocycles. The predicted molar refractivity (Wildman–Crippen MR) is 80.6 cm³/mol. The number of carboxylic acid groups (broad SMARTS) is 1. The first-order valence-corrected chi connectivity index (χ1v) is 7.17. The maximum atomic E-state index is 11.2. The third-order valence-corrected chi connectivity index (χ3v) is 4.08. The molecule has 1 aromatic heterocycles. The summed E-state index contributed by atoms with van der Waals surface area (Å²) < 4.78 is 0. The molecule has 1 aliphatic carbocycles. The molecule has 0 radical (unpaired) electrons. The molecule has 0 aliphatic heterocycles. The largest absolute Gasteiger partial charge is 0.477 e. The number of nitrogens with zero attached hydrogens (tertiary/aromatic N) is 1. The summed E-state index contributed by atoms with van der Waals surface area (Å²) in [4.78, 5) is 15.4. The van der Waals surface area contributed by atoms with E-state index in [1.54, 1.807) is 6.07 Å². The Hall–Kier alpha value is -2.14. The Morgan fingerprint density at radius 2 is 2.00 bits per heavy atom. The molecule has 2 aromatic rings. The van der Waals surface area contributed by atoms with Crippen molar-refractivity contribution in [2.45, 2.75) is 31.3 Å². The molecule has 1 saturated carbocycles. The second kappa shape index (κ2) is 5.33. The molecule has 1 heterocycles. The minimum Gasteiger partial charge on any atom is -0.477 e. The topological polar surface area (TPSA) is 82.5 Å². The zero-order chi connectivity index (χ0) is 14.9. The lowest BCUT2D eigenvalue weighted by molar-refractivity contribution is 0.0614. The van der Waals surface area contributed by atoms with Gasteiger partial charge in [0.25, 0.3) is 0 Å². The number of hydrogen-bond donors (Lipinski definition) is 3. The Labute approximate surface area is 122 Å². The van der Waals surface area contributed by atoms with Crippen molar-refractivity contribution in [2.24, 2.45) is 0 Å². The minimum absolute atomic E-state index is 0.00890. The van der Waals surface area contributed by atoms with Crippen molar-refractivity contribution in [3.63, 3.8) is 0 Å². The second-order valence-electron chi connectivity index (χ2n) is 5.67. The third kappa shape index (κ3) is 2.83. The van der Waals surface area contributed by atoms with E-state index in [9.17, 15) is 9.90 Å². The van der Waals surface area contributed by atoms with Crippen LogP contribution < -0.4 is 5.32 Å². The summed E-state index contributed by atoms with van der Waals surface area (Å²) >= 11 is 0. The summed E-state index contributed by atoms with van der Waals surface area (Å²) in [6, 6.07) is 9.07. The van der Waals surface area contributed by atoms with E-state index in [0.29, 0.717) is 12.4 Å². The monoisotopic (exact) mass is 286 g/mol. The lowest BCUT2D eigenvalue weighted by Crippen LogP contribution is -2.33. The van der Waals surface area contributed by atoms with Crippen molar-refractivity contribution in [2.75, 3.05) is 11.9 Å². The average molecular weight is 286 g/mol. The number of aromatic carboxylic acids is 1. The number of aliphatic hydroxyl groups is 1. The first-order valence-electron chi connectivity index (χ1n) is 7.17. The molecule has 1 fully saturated rings. The molecule has 3 rings (SSSR count). The second-order valence-corrected chi connectivity index (χ2v) is 5.67. The first kappa shape index (κ1) is 13.8. The van der Waals surface area contributed by atoms with Gasteiger partial charge in [0.05, 0.1) is 5.60 Å². The van der Waals surface area contributed by atoms with E-state index < -0.39 is 11.6 Å². The Bertz CT molecular complexity index is 678. The fourth-order valence-corrected chi connectivity index (χ4v) is 2.90. The van der Waals surface area contributed by atoms with Crippen molar-refractivity contribution in [3.05, 3.63) is 36.0 Å². The molecule has 0 bridgehead atoms. The summed E-state index contributed by atoms with van der Waals surface area (Å²) in [5.41, 5.74) is -0.697. The molecule has 5 nitrogen and oxygen atoms in total. The van der Waals surface area contributed by atoms with Crippen molar-refractivity contribution in [1.29, 1.82) is 0 Å². The van der Waals surface area contributed by atoms with Crippen molar-refractivity contribution >= 4 is 22.6 Å². The Kier molecular flexibility index (Phi) is 3.51. The van der Waals surface area contributed by atoms with E-state index in [4.69, 9.17) is 5.11 Å². The highest BCUT2D eigenvalue weighted by Gasteiger charge is 2.31. The normalized spacial score (nSPS) is 17.0. The molecule has 0 saturated heterocycles. The van der Waals surface area contributed by atoms with Gasteiger partial charge in [-0.1, -0.05) is 37.1 Å². The predicted octanol–water partition coefficient (Wildman–Crippen LogP) is 2.65. The number of anilines is 1. The lowest BCUT2D eigenvalue weighted by atomic mass is 10.0. The fourth-order valence-electron chi connectivity index (χ4n) is 2.90. The molecule has 5 heteroatoms. The van der Waals surface area contributed by atoms with Gasteiger partial charge in [-0.05, 0) is 24.3 Å². The van der Waals surface area contributed by atoms with Crippen LogP contribution in [0.2, 0.25) is 0 Å². The molecule has 0 atom stereocenters. The van der Waals surface area contributed by atoms with Crippen LogP contribution in [0.15, 0.2) is 30.3 Å². The molecular formula is C16H18N2O3. The average Bonchev–Trinajstić information content (AvgIpc) is 2.91. The van der Waals surface area contributed by atoms with Gasteiger partial charge in [-0.2, -0.15) is 0 Å². The van der Waals surface area contributed by atoms with Gasteiger partial charge < -0.3 is 15.5 Å². The molecule has 0 spiro atoms. The van der Waals surface area contributed by atoms with Crippen LogP contribution in [0.1, 0.15) is 36.2 Å².